The summed E-state index contributed by atoms with van der Waals surface area (Å²) in [5.41, 5.74) is 8.28. The van der Waals surface area contributed by atoms with Gasteiger partial charge in [-0.1, -0.05) is 6.07 Å². The minimum absolute atomic E-state index is 0.0207. The average Bonchev–Trinajstić information content (AvgIpc) is 3.47. The van der Waals surface area contributed by atoms with Crippen molar-refractivity contribution in [2.75, 3.05) is 5.84 Å². The molecule has 152 valence electrons. The summed E-state index contributed by atoms with van der Waals surface area (Å²) in [5, 5.41) is 1.88. The molecule has 0 saturated heterocycles. The van der Waals surface area contributed by atoms with E-state index in [1.54, 1.807) is 6.20 Å². The lowest BCUT2D eigenvalue weighted by atomic mass is 10.0. The minimum Gasteiger partial charge on any atom is -0.332 e. The zero-order chi connectivity index (χ0) is 21.0. The van der Waals surface area contributed by atoms with Gasteiger partial charge in [0.2, 0.25) is 0 Å². The van der Waals surface area contributed by atoms with Gasteiger partial charge in [0.25, 0.3) is 5.56 Å². The fourth-order valence-electron chi connectivity index (χ4n) is 3.82. The number of pyridine rings is 2. The predicted octanol–water partition coefficient (Wildman–Crippen LogP) is 2.44. The number of hydrogen-bond acceptors (Lipinski definition) is 6. The van der Waals surface area contributed by atoms with Crippen molar-refractivity contribution in [3.8, 4) is 21.6 Å². The summed E-state index contributed by atoms with van der Waals surface area (Å²) >= 11 is 1.47. The van der Waals surface area contributed by atoms with Gasteiger partial charge in [0.1, 0.15) is 5.82 Å². The molecule has 0 aliphatic heterocycles. The first kappa shape index (κ1) is 18.7. The predicted molar refractivity (Wildman–Crippen MR) is 114 cm³/mol. The van der Waals surface area contributed by atoms with Crippen molar-refractivity contribution in [3.05, 3.63) is 80.0 Å². The second-order valence-electron chi connectivity index (χ2n) is 7.34. The van der Waals surface area contributed by atoms with E-state index in [0.717, 1.165) is 39.6 Å². The van der Waals surface area contributed by atoms with Gasteiger partial charge in [0, 0.05) is 40.5 Å². The number of thiophene rings is 1. The molecule has 0 atom stereocenters. The molecule has 7 nitrogen and oxygen atoms in total. The van der Waals surface area contributed by atoms with Crippen LogP contribution in [-0.4, -0.2) is 14.1 Å². The largest absolute Gasteiger partial charge is 0.354 e. The van der Waals surface area contributed by atoms with E-state index in [9.17, 15) is 14.0 Å². The number of hydrogen-bond donors (Lipinski definition) is 2. The minimum atomic E-state index is -0.770. The summed E-state index contributed by atoms with van der Waals surface area (Å²) in [6.45, 7) is 0.295. The Morgan fingerprint density at radius 3 is 2.77 bits per heavy atom. The third-order valence-corrected chi connectivity index (χ3v) is 6.36. The third kappa shape index (κ3) is 2.86. The van der Waals surface area contributed by atoms with Crippen LogP contribution in [0.2, 0.25) is 0 Å². The summed E-state index contributed by atoms with van der Waals surface area (Å²) in [5.74, 6) is 5.13. The van der Waals surface area contributed by atoms with E-state index in [1.807, 2.05) is 23.6 Å². The Labute approximate surface area is 174 Å². The van der Waals surface area contributed by atoms with Crippen molar-refractivity contribution in [3.63, 3.8) is 0 Å². The lowest BCUT2D eigenvalue weighted by Gasteiger charge is -2.13. The first-order chi connectivity index (χ1) is 14.5. The Bertz CT molecular complexity index is 1420. The molecular weight excluding hydrogens is 405 g/mol. The van der Waals surface area contributed by atoms with Gasteiger partial charge >= 0.3 is 5.69 Å². The molecule has 5 rings (SSSR count). The monoisotopic (exact) mass is 423 g/mol. The van der Waals surface area contributed by atoms with Crippen LogP contribution in [0.15, 0.2) is 51.6 Å². The maximum absolute atomic E-state index is 14.5. The highest BCUT2D eigenvalue weighted by Gasteiger charge is 2.32. The fraction of sp³-hybridized carbons (Fsp3) is 0.190. The molecule has 9 heteroatoms. The molecule has 4 aromatic heterocycles. The average molecular weight is 423 g/mol. The molecule has 4 aromatic rings. The van der Waals surface area contributed by atoms with Crippen LogP contribution in [0.3, 0.4) is 0 Å². The molecule has 30 heavy (non-hydrogen) atoms. The van der Waals surface area contributed by atoms with Gasteiger partial charge in [0.15, 0.2) is 0 Å². The highest BCUT2D eigenvalue weighted by Crippen LogP contribution is 2.43. The van der Waals surface area contributed by atoms with Gasteiger partial charge in [0.05, 0.1) is 11.2 Å². The summed E-state index contributed by atoms with van der Waals surface area (Å²) in [7, 11) is 0. The molecule has 0 bridgehead atoms. The molecule has 0 aromatic carbocycles. The highest BCUT2D eigenvalue weighted by molar-refractivity contribution is 7.14. The molecule has 1 saturated carbocycles. The number of rotatable bonds is 4. The van der Waals surface area contributed by atoms with E-state index in [-0.39, 0.29) is 5.92 Å². The van der Waals surface area contributed by atoms with Gasteiger partial charge in [-0.15, -0.1) is 11.3 Å². The van der Waals surface area contributed by atoms with E-state index in [0.29, 0.717) is 33.4 Å². The maximum atomic E-state index is 14.5. The lowest BCUT2D eigenvalue weighted by molar-refractivity contribution is 0.614. The van der Waals surface area contributed by atoms with Gasteiger partial charge < -0.3 is 11.6 Å². The van der Waals surface area contributed by atoms with Crippen LogP contribution in [0.5, 0.6) is 0 Å². The van der Waals surface area contributed by atoms with E-state index >= 15 is 0 Å². The quantitative estimate of drug-likeness (QED) is 0.490. The van der Waals surface area contributed by atoms with Crippen LogP contribution in [0.1, 0.15) is 30.0 Å². The summed E-state index contributed by atoms with van der Waals surface area (Å²) in [6, 6.07) is 7.03. The van der Waals surface area contributed by atoms with E-state index in [4.69, 9.17) is 11.6 Å². The topological polar surface area (TPSA) is 108 Å². The summed E-state index contributed by atoms with van der Waals surface area (Å²) in [6.07, 6.45) is 4.44. The van der Waals surface area contributed by atoms with Crippen LogP contribution >= 0.6 is 11.3 Å². The number of fused-ring (bicyclic) bond motifs is 1. The Balaban J connectivity index is 1.80. The maximum Gasteiger partial charge on any atom is 0.354 e. The van der Waals surface area contributed by atoms with Gasteiger partial charge in [-0.05, 0) is 47.9 Å². The molecule has 4 heterocycles. The smallest absolute Gasteiger partial charge is 0.332 e. The van der Waals surface area contributed by atoms with Crippen LogP contribution < -0.4 is 22.8 Å². The highest BCUT2D eigenvalue weighted by atomic mass is 32.1. The first-order valence-corrected chi connectivity index (χ1v) is 10.4. The van der Waals surface area contributed by atoms with E-state index in [1.165, 1.54) is 17.4 Å². The van der Waals surface area contributed by atoms with Crippen molar-refractivity contribution in [2.24, 2.45) is 5.73 Å². The van der Waals surface area contributed by atoms with Crippen molar-refractivity contribution < 1.29 is 4.39 Å². The summed E-state index contributed by atoms with van der Waals surface area (Å²) in [4.78, 5) is 30.6. The Hall–Kier alpha value is -3.30. The SMILES string of the molecule is NCc1ncccc1-c1cc(-c2cc(F)cn3c(=O)n(N)c(=O)c(C4CC4)c23)cs1. The molecule has 1 aliphatic rings. The number of nitrogens with two attached hydrogens (primary N) is 2. The number of halogens is 1. The molecule has 0 amide bonds. The summed E-state index contributed by atoms with van der Waals surface area (Å²) < 4.78 is 16.2. The van der Waals surface area contributed by atoms with Gasteiger partial charge in [-0.3, -0.25) is 14.2 Å². The standard InChI is InChI=1S/C21H18FN5O2S/c22-13-7-15(12-6-17(30-10-12)14-2-1-5-25-16(14)8-23)19-18(11-3-4-11)20(28)27(24)21(29)26(19)9-13/h1-2,5-7,9-11H,3-4,8,23-24H2. The molecule has 0 spiro atoms. The van der Waals surface area contributed by atoms with Crippen LogP contribution in [0.25, 0.3) is 27.1 Å². The molecule has 1 fully saturated rings. The van der Waals surface area contributed by atoms with Crippen LogP contribution in [0, 0.1) is 5.82 Å². The number of nitrogen functional groups attached to an aromatic ring is 1. The fourth-order valence-corrected chi connectivity index (χ4v) is 4.78. The van der Waals surface area contributed by atoms with Gasteiger partial charge in [-0.25, -0.2) is 9.18 Å². The van der Waals surface area contributed by atoms with Gasteiger partial charge in [-0.2, -0.15) is 4.68 Å². The lowest BCUT2D eigenvalue weighted by Crippen LogP contribution is -2.44. The van der Waals surface area contributed by atoms with Crippen LogP contribution in [-0.2, 0) is 6.54 Å². The van der Waals surface area contributed by atoms with Crippen molar-refractivity contribution >= 4 is 16.9 Å². The normalized spacial score (nSPS) is 13.8. The second-order valence-corrected chi connectivity index (χ2v) is 8.25. The molecule has 0 unspecified atom stereocenters. The zero-order valence-corrected chi connectivity index (χ0v) is 16.7. The van der Waals surface area contributed by atoms with E-state index in [2.05, 4.69) is 4.98 Å². The van der Waals surface area contributed by atoms with E-state index < -0.39 is 17.1 Å². The van der Waals surface area contributed by atoms with Crippen molar-refractivity contribution in [1.29, 1.82) is 0 Å². The molecule has 0 radical (unpaired) electrons. The first-order valence-electron chi connectivity index (χ1n) is 9.48. The Morgan fingerprint density at radius 1 is 1.23 bits per heavy atom. The number of nitrogens with zero attached hydrogens (tertiary/aromatic N) is 3. The number of aromatic nitrogens is 3. The van der Waals surface area contributed by atoms with Crippen LogP contribution in [0.4, 0.5) is 4.39 Å². The molecule has 1 aliphatic carbocycles. The Kier molecular flexibility index (Phi) is 4.30. The molecular formula is C21H18FN5O2S. The zero-order valence-electron chi connectivity index (χ0n) is 15.8. The Morgan fingerprint density at radius 2 is 2.03 bits per heavy atom. The van der Waals surface area contributed by atoms with Crippen molar-refractivity contribution in [2.45, 2.75) is 25.3 Å². The van der Waals surface area contributed by atoms with Crippen molar-refractivity contribution in [1.82, 2.24) is 14.1 Å². The third-order valence-electron chi connectivity index (χ3n) is 5.39. The molecule has 4 N–H and O–H groups in total. The second kappa shape index (κ2) is 6.89.